The molecule has 2 N–H and O–H groups in total. The van der Waals surface area contributed by atoms with Gasteiger partial charge in [0, 0.05) is 6.54 Å². The number of carbonyl (C=O) groups is 3. The predicted octanol–water partition coefficient (Wildman–Crippen LogP) is 3.62. The number of nitrogens with zero attached hydrogens (tertiary/aromatic N) is 1. The van der Waals surface area contributed by atoms with E-state index in [-0.39, 0.29) is 17.8 Å². The summed E-state index contributed by atoms with van der Waals surface area (Å²) in [6.07, 6.45) is 3.16. The Balaban J connectivity index is 1.68. The minimum Gasteiger partial charge on any atom is -0.490 e. The first-order valence-corrected chi connectivity index (χ1v) is 10.8. The molecular weight excluding hydrogens is 416 g/mol. The van der Waals surface area contributed by atoms with Gasteiger partial charge in [0.25, 0.3) is 17.1 Å². The molecule has 8 heteroatoms. The lowest BCUT2D eigenvalue weighted by atomic mass is 10.1. The summed E-state index contributed by atoms with van der Waals surface area (Å²) >= 11 is 0.926. The molecule has 1 aliphatic heterocycles. The highest BCUT2D eigenvalue weighted by Crippen LogP contribution is 2.34. The highest BCUT2D eigenvalue weighted by molar-refractivity contribution is 8.18. The smallest absolute Gasteiger partial charge is 0.293 e. The molecule has 7 nitrogen and oxygen atoms in total. The van der Waals surface area contributed by atoms with E-state index in [1.54, 1.807) is 24.3 Å². The third kappa shape index (κ3) is 6.11. The lowest BCUT2D eigenvalue weighted by Crippen LogP contribution is -2.29. The first-order chi connectivity index (χ1) is 15.0. The highest BCUT2D eigenvalue weighted by atomic mass is 32.2. The minimum atomic E-state index is -0.590. The summed E-state index contributed by atoms with van der Waals surface area (Å²) in [5.74, 6) is -0.0750. The van der Waals surface area contributed by atoms with Crippen molar-refractivity contribution in [3.05, 3.63) is 64.6 Å². The molecule has 2 aromatic carbocycles. The molecule has 0 radical (unpaired) electrons. The maximum absolute atomic E-state index is 12.7. The van der Waals surface area contributed by atoms with Gasteiger partial charge in [-0.05, 0) is 60.9 Å². The van der Waals surface area contributed by atoms with Gasteiger partial charge >= 0.3 is 0 Å². The fraction of sp³-hybridized carbons (Fsp3) is 0.261. The van der Waals surface area contributed by atoms with Crippen molar-refractivity contribution in [1.29, 1.82) is 0 Å². The molecule has 0 unspecified atom stereocenters. The van der Waals surface area contributed by atoms with Crippen LogP contribution in [0.1, 0.15) is 24.5 Å². The van der Waals surface area contributed by atoms with Crippen molar-refractivity contribution in [2.75, 3.05) is 19.8 Å². The van der Waals surface area contributed by atoms with E-state index >= 15 is 0 Å². The molecule has 2 aromatic rings. The molecule has 1 heterocycles. The van der Waals surface area contributed by atoms with Gasteiger partial charge in [-0.15, -0.1) is 0 Å². The average Bonchev–Trinajstić information content (AvgIpc) is 3.01. The fourth-order valence-corrected chi connectivity index (χ4v) is 3.95. The number of hydrogen-bond acceptors (Lipinski definition) is 6. The van der Waals surface area contributed by atoms with E-state index in [2.05, 4.69) is 0 Å². The molecule has 1 saturated heterocycles. The van der Waals surface area contributed by atoms with E-state index in [0.717, 1.165) is 18.2 Å². The number of imide groups is 1. The topological polar surface area (TPSA) is 98.9 Å². The quantitative estimate of drug-likeness (QED) is 0.567. The van der Waals surface area contributed by atoms with E-state index in [1.165, 1.54) is 10.5 Å². The Hall–Kier alpha value is -3.26. The van der Waals surface area contributed by atoms with Crippen molar-refractivity contribution in [1.82, 2.24) is 4.90 Å². The number of amides is 3. The summed E-state index contributed by atoms with van der Waals surface area (Å²) in [5, 5.41) is -0.268. The van der Waals surface area contributed by atoms with Crippen LogP contribution < -0.4 is 15.2 Å². The molecule has 0 saturated carbocycles. The van der Waals surface area contributed by atoms with Gasteiger partial charge in [0.05, 0.1) is 11.5 Å². The molecular formula is C23H24N2O5S. The lowest BCUT2D eigenvalue weighted by Gasteiger charge is -2.12. The van der Waals surface area contributed by atoms with Gasteiger partial charge in [-0.1, -0.05) is 36.4 Å². The zero-order valence-corrected chi connectivity index (χ0v) is 18.0. The number of benzene rings is 2. The van der Waals surface area contributed by atoms with Gasteiger partial charge in [0.1, 0.15) is 0 Å². The second-order valence-electron chi connectivity index (χ2n) is 6.82. The first kappa shape index (κ1) is 22.4. The maximum atomic E-state index is 12.7. The summed E-state index contributed by atoms with van der Waals surface area (Å²) in [6, 6.07) is 15.0. The van der Waals surface area contributed by atoms with E-state index in [4.69, 9.17) is 15.2 Å². The number of aryl methyl sites for hydroxylation is 1. The molecule has 3 amide bonds. The molecule has 3 rings (SSSR count). The molecule has 1 aliphatic rings. The summed E-state index contributed by atoms with van der Waals surface area (Å²) in [6.45, 7) is 2.34. The van der Waals surface area contributed by atoms with E-state index in [9.17, 15) is 14.4 Å². The molecule has 1 fully saturated rings. The number of rotatable bonds is 10. The molecule has 0 spiro atoms. The Labute approximate surface area is 185 Å². The van der Waals surface area contributed by atoms with Crippen molar-refractivity contribution < 1.29 is 23.9 Å². The molecule has 0 bridgehead atoms. The second-order valence-corrected chi connectivity index (χ2v) is 7.81. The van der Waals surface area contributed by atoms with Crippen LogP contribution in [0.15, 0.2) is 53.4 Å². The number of thioether (sulfide) groups is 1. The summed E-state index contributed by atoms with van der Waals surface area (Å²) in [4.78, 5) is 37.7. The van der Waals surface area contributed by atoms with Crippen LogP contribution in [0.2, 0.25) is 0 Å². The predicted molar refractivity (Wildman–Crippen MR) is 120 cm³/mol. The SMILES string of the molecule is CCOc1cc(/C=C2/SC(=O)N(CCCc3ccccc3)C2=O)ccc1OCC(N)=O. The third-order valence-electron chi connectivity index (χ3n) is 4.50. The molecule has 162 valence electrons. The highest BCUT2D eigenvalue weighted by Gasteiger charge is 2.34. The van der Waals surface area contributed by atoms with Crippen LogP contribution >= 0.6 is 11.8 Å². The summed E-state index contributed by atoms with van der Waals surface area (Å²) < 4.78 is 10.9. The van der Waals surface area contributed by atoms with Crippen molar-refractivity contribution in [3.63, 3.8) is 0 Å². The number of nitrogens with two attached hydrogens (primary N) is 1. The Kier molecular flexibility index (Phi) is 7.72. The molecule has 0 atom stereocenters. The van der Waals surface area contributed by atoms with Gasteiger partial charge in [0.15, 0.2) is 18.1 Å². The summed E-state index contributed by atoms with van der Waals surface area (Å²) in [5.41, 5.74) is 6.98. The Morgan fingerprint density at radius 1 is 1.10 bits per heavy atom. The zero-order valence-electron chi connectivity index (χ0n) is 17.2. The first-order valence-electron chi connectivity index (χ1n) is 9.95. The Morgan fingerprint density at radius 3 is 2.58 bits per heavy atom. The summed E-state index contributed by atoms with van der Waals surface area (Å²) in [7, 11) is 0. The van der Waals surface area contributed by atoms with Crippen LogP contribution in [-0.4, -0.2) is 41.7 Å². The van der Waals surface area contributed by atoms with E-state index in [0.29, 0.717) is 41.5 Å². The van der Waals surface area contributed by atoms with E-state index < -0.39 is 5.91 Å². The monoisotopic (exact) mass is 440 g/mol. The number of hydrogen-bond donors (Lipinski definition) is 1. The van der Waals surface area contributed by atoms with Crippen LogP contribution in [0.4, 0.5) is 4.79 Å². The van der Waals surface area contributed by atoms with Gasteiger partial charge in [-0.3, -0.25) is 19.3 Å². The second kappa shape index (κ2) is 10.7. The Bertz CT molecular complexity index is 991. The molecule has 0 aliphatic carbocycles. The third-order valence-corrected chi connectivity index (χ3v) is 5.41. The van der Waals surface area contributed by atoms with Crippen molar-refractivity contribution in [2.24, 2.45) is 5.73 Å². The zero-order chi connectivity index (χ0) is 22.2. The van der Waals surface area contributed by atoms with Crippen molar-refractivity contribution in [3.8, 4) is 11.5 Å². The van der Waals surface area contributed by atoms with E-state index in [1.807, 2.05) is 37.3 Å². The molecule has 0 aromatic heterocycles. The van der Waals surface area contributed by atoms with Crippen molar-refractivity contribution >= 4 is 34.9 Å². The number of carbonyl (C=O) groups excluding carboxylic acids is 3. The number of primary amides is 1. The Morgan fingerprint density at radius 2 is 1.87 bits per heavy atom. The van der Waals surface area contributed by atoms with Gasteiger partial charge in [0.2, 0.25) is 0 Å². The van der Waals surface area contributed by atoms with Crippen LogP contribution in [0.5, 0.6) is 11.5 Å². The average molecular weight is 441 g/mol. The number of ether oxygens (including phenoxy) is 2. The lowest BCUT2D eigenvalue weighted by molar-refractivity contribution is -0.123. The fourth-order valence-electron chi connectivity index (χ4n) is 3.08. The van der Waals surface area contributed by atoms with Crippen molar-refractivity contribution in [2.45, 2.75) is 19.8 Å². The minimum absolute atomic E-state index is 0.263. The largest absolute Gasteiger partial charge is 0.490 e. The standard InChI is InChI=1S/C23H24N2O5S/c1-2-29-19-13-17(10-11-18(19)30-15-21(24)26)14-20-22(27)25(23(28)31-20)12-6-9-16-7-4-3-5-8-16/h3-5,7-8,10-11,13-14H,2,6,9,12,15H2,1H3,(H2,24,26)/b20-14+. The maximum Gasteiger partial charge on any atom is 0.293 e. The van der Waals surface area contributed by atoms with Crippen LogP contribution in [0, 0.1) is 0 Å². The van der Waals surface area contributed by atoms with Gasteiger partial charge in [-0.2, -0.15) is 0 Å². The van der Waals surface area contributed by atoms with Crippen LogP contribution in [0.3, 0.4) is 0 Å². The normalized spacial score (nSPS) is 14.9. The van der Waals surface area contributed by atoms with Gasteiger partial charge < -0.3 is 15.2 Å². The van der Waals surface area contributed by atoms with Crippen LogP contribution in [-0.2, 0) is 16.0 Å². The van der Waals surface area contributed by atoms with Crippen LogP contribution in [0.25, 0.3) is 6.08 Å². The molecule has 31 heavy (non-hydrogen) atoms. The van der Waals surface area contributed by atoms with Gasteiger partial charge in [-0.25, -0.2) is 0 Å².